The number of nitrogens with zero attached hydrogens (tertiary/aromatic N) is 2. The first-order chi connectivity index (χ1) is 12.5. The van der Waals surface area contributed by atoms with Gasteiger partial charge in [0.15, 0.2) is 5.16 Å². The molecular formula is C18H19N3O3S2. The number of hydrogen-bond donors (Lipinski definition) is 1. The lowest BCUT2D eigenvalue weighted by molar-refractivity contribution is -0.115. The molecule has 0 aliphatic rings. The number of thiophene rings is 1. The molecule has 0 radical (unpaired) electrons. The standard InChI is InChI=1S/C18H19N3O3S2/c1-4-21-17(23)15-13(9-10-25-15)20-18(21)26-11(2)16(22)19-12-7-5-6-8-14(12)24-3/h5-11H,4H2,1-3H3,(H,19,22). The van der Waals surface area contributed by atoms with Gasteiger partial charge in [0.1, 0.15) is 10.4 Å². The summed E-state index contributed by atoms with van der Waals surface area (Å²) in [5.41, 5.74) is 1.22. The number of ether oxygens (including phenoxy) is 1. The van der Waals surface area contributed by atoms with Crippen LogP contribution in [0.1, 0.15) is 13.8 Å². The van der Waals surface area contributed by atoms with E-state index >= 15 is 0 Å². The number of rotatable bonds is 6. The molecule has 0 aliphatic carbocycles. The summed E-state index contributed by atoms with van der Waals surface area (Å²) in [6.45, 7) is 4.19. The van der Waals surface area contributed by atoms with Crippen molar-refractivity contribution in [2.24, 2.45) is 0 Å². The Hall–Kier alpha value is -2.32. The van der Waals surface area contributed by atoms with Crippen LogP contribution in [0.25, 0.3) is 10.2 Å². The Kier molecular flexibility index (Phi) is 5.63. The highest BCUT2D eigenvalue weighted by atomic mass is 32.2. The molecule has 0 spiro atoms. The quantitative estimate of drug-likeness (QED) is 0.515. The number of nitrogens with one attached hydrogen (secondary N) is 1. The van der Waals surface area contributed by atoms with Crippen molar-refractivity contribution < 1.29 is 9.53 Å². The van der Waals surface area contributed by atoms with E-state index in [2.05, 4.69) is 10.3 Å². The number of benzene rings is 1. The summed E-state index contributed by atoms with van der Waals surface area (Å²) in [6.07, 6.45) is 0. The smallest absolute Gasteiger partial charge is 0.272 e. The zero-order valence-corrected chi connectivity index (χ0v) is 16.3. The number of anilines is 1. The minimum Gasteiger partial charge on any atom is -0.495 e. The van der Waals surface area contributed by atoms with E-state index in [1.807, 2.05) is 30.5 Å². The fourth-order valence-electron chi connectivity index (χ4n) is 2.49. The predicted molar refractivity (Wildman–Crippen MR) is 106 cm³/mol. The highest BCUT2D eigenvalue weighted by molar-refractivity contribution is 8.00. The second-order valence-electron chi connectivity index (χ2n) is 5.53. The van der Waals surface area contributed by atoms with E-state index in [0.717, 1.165) is 0 Å². The third kappa shape index (κ3) is 3.61. The van der Waals surface area contributed by atoms with E-state index in [1.165, 1.54) is 23.1 Å². The van der Waals surface area contributed by atoms with Gasteiger partial charge in [-0.15, -0.1) is 11.3 Å². The van der Waals surface area contributed by atoms with Crippen LogP contribution in [-0.4, -0.2) is 27.8 Å². The summed E-state index contributed by atoms with van der Waals surface area (Å²) in [4.78, 5) is 29.7. The minimum absolute atomic E-state index is 0.0627. The van der Waals surface area contributed by atoms with Crippen LogP contribution in [-0.2, 0) is 11.3 Å². The van der Waals surface area contributed by atoms with E-state index in [-0.39, 0.29) is 11.5 Å². The lowest BCUT2D eigenvalue weighted by Gasteiger charge is -2.15. The molecule has 3 aromatic rings. The highest BCUT2D eigenvalue weighted by Crippen LogP contribution is 2.27. The number of para-hydroxylation sites is 2. The normalized spacial score (nSPS) is 12.1. The van der Waals surface area contributed by atoms with Gasteiger partial charge in [-0.2, -0.15) is 0 Å². The molecule has 136 valence electrons. The fourth-order valence-corrected chi connectivity index (χ4v) is 4.24. The lowest BCUT2D eigenvalue weighted by Crippen LogP contribution is -2.26. The molecule has 0 saturated carbocycles. The maximum Gasteiger partial charge on any atom is 0.272 e. The third-order valence-electron chi connectivity index (χ3n) is 3.86. The number of carbonyl (C=O) groups excluding carboxylic acids is 1. The first-order valence-electron chi connectivity index (χ1n) is 8.13. The van der Waals surface area contributed by atoms with Crippen LogP contribution in [0.15, 0.2) is 45.7 Å². The van der Waals surface area contributed by atoms with Crippen LogP contribution in [0.2, 0.25) is 0 Å². The number of thioether (sulfide) groups is 1. The molecular weight excluding hydrogens is 370 g/mol. The first-order valence-corrected chi connectivity index (χ1v) is 9.89. The minimum atomic E-state index is -0.430. The molecule has 2 aromatic heterocycles. The van der Waals surface area contributed by atoms with Gasteiger partial charge in [0.05, 0.1) is 23.6 Å². The van der Waals surface area contributed by atoms with E-state index in [1.54, 1.807) is 30.7 Å². The van der Waals surface area contributed by atoms with Gasteiger partial charge in [-0.25, -0.2) is 4.98 Å². The van der Waals surface area contributed by atoms with Crippen molar-refractivity contribution in [2.45, 2.75) is 30.8 Å². The zero-order chi connectivity index (χ0) is 18.7. The molecule has 6 nitrogen and oxygen atoms in total. The molecule has 1 unspecified atom stereocenters. The Morgan fingerprint density at radius 2 is 2.15 bits per heavy atom. The topological polar surface area (TPSA) is 73.2 Å². The van der Waals surface area contributed by atoms with E-state index in [4.69, 9.17) is 4.74 Å². The number of fused-ring (bicyclic) bond motifs is 1. The zero-order valence-electron chi connectivity index (χ0n) is 14.7. The van der Waals surface area contributed by atoms with Crippen LogP contribution in [0, 0.1) is 0 Å². The molecule has 0 aliphatic heterocycles. The van der Waals surface area contributed by atoms with Gasteiger partial charge in [-0.1, -0.05) is 23.9 Å². The Labute approximate surface area is 159 Å². The molecule has 1 aromatic carbocycles. The van der Waals surface area contributed by atoms with Crippen molar-refractivity contribution in [1.29, 1.82) is 0 Å². The molecule has 1 amide bonds. The summed E-state index contributed by atoms with van der Waals surface area (Å²) in [5, 5.41) is 4.84. The van der Waals surface area contributed by atoms with Gasteiger partial charge < -0.3 is 10.1 Å². The SMILES string of the molecule is CCn1c(SC(C)C(=O)Nc2ccccc2OC)nc2ccsc2c1=O. The van der Waals surface area contributed by atoms with Gasteiger partial charge in [-0.3, -0.25) is 14.2 Å². The van der Waals surface area contributed by atoms with Crippen molar-refractivity contribution >= 4 is 44.9 Å². The maximum atomic E-state index is 12.6. The molecule has 0 bridgehead atoms. The van der Waals surface area contributed by atoms with Crippen molar-refractivity contribution in [3.8, 4) is 5.75 Å². The van der Waals surface area contributed by atoms with Gasteiger partial charge >= 0.3 is 0 Å². The van der Waals surface area contributed by atoms with Gasteiger partial charge in [0, 0.05) is 6.54 Å². The third-order valence-corrected chi connectivity index (χ3v) is 5.85. The molecule has 1 atom stereocenters. The molecule has 0 fully saturated rings. The number of carbonyl (C=O) groups is 1. The summed E-state index contributed by atoms with van der Waals surface area (Å²) >= 11 is 2.66. The number of methoxy groups -OCH3 is 1. The summed E-state index contributed by atoms with van der Waals surface area (Å²) in [7, 11) is 1.56. The van der Waals surface area contributed by atoms with Crippen molar-refractivity contribution in [2.75, 3.05) is 12.4 Å². The fraction of sp³-hybridized carbons (Fsp3) is 0.278. The molecule has 2 heterocycles. The summed E-state index contributed by atoms with van der Waals surface area (Å²) < 4.78 is 7.51. The second kappa shape index (κ2) is 7.92. The molecule has 3 rings (SSSR count). The molecule has 1 N–H and O–H groups in total. The van der Waals surface area contributed by atoms with Crippen LogP contribution >= 0.6 is 23.1 Å². The lowest BCUT2D eigenvalue weighted by atomic mass is 10.3. The molecule has 8 heteroatoms. The predicted octanol–water partition coefficient (Wildman–Crippen LogP) is 3.61. The monoisotopic (exact) mass is 389 g/mol. The maximum absolute atomic E-state index is 12.6. The Morgan fingerprint density at radius 3 is 2.88 bits per heavy atom. The van der Waals surface area contributed by atoms with Crippen LogP contribution in [0.4, 0.5) is 5.69 Å². The Morgan fingerprint density at radius 1 is 1.38 bits per heavy atom. The van der Waals surface area contributed by atoms with Gasteiger partial charge in [0.25, 0.3) is 5.56 Å². The second-order valence-corrected chi connectivity index (χ2v) is 7.75. The summed E-state index contributed by atoms with van der Waals surface area (Å²) in [6, 6.07) is 9.06. The van der Waals surface area contributed by atoms with Crippen molar-refractivity contribution in [3.63, 3.8) is 0 Å². The Bertz CT molecular complexity index is 997. The molecule has 0 saturated heterocycles. The average molecular weight is 390 g/mol. The van der Waals surface area contributed by atoms with Gasteiger partial charge in [0.2, 0.25) is 5.91 Å². The number of aromatic nitrogens is 2. The highest BCUT2D eigenvalue weighted by Gasteiger charge is 2.20. The first kappa shape index (κ1) is 18.5. The average Bonchev–Trinajstić information content (AvgIpc) is 3.11. The Balaban J connectivity index is 1.83. The van der Waals surface area contributed by atoms with E-state index in [0.29, 0.717) is 33.4 Å². The van der Waals surface area contributed by atoms with Crippen molar-refractivity contribution in [1.82, 2.24) is 9.55 Å². The largest absolute Gasteiger partial charge is 0.495 e. The van der Waals surface area contributed by atoms with E-state index in [9.17, 15) is 9.59 Å². The van der Waals surface area contributed by atoms with Gasteiger partial charge in [-0.05, 0) is 37.4 Å². The van der Waals surface area contributed by atoms with Crippen LogP contribution in [0.5, 0.6) is 5.75 Å². The number of hydrogen-bond acceptors (Lipinski definition) is 6. The molecule has 26 heavy (non-hydrogen) atoms. The number of amides is 1. The summed E-state index contributed by atoms with van der Waals surface area (Å²) in [5.74, 6) is 0.420. The van der Waals surface area contributed by atoms with E-state index < -0.39 is 5.25 Å². The van der Waals surface area contributed by atoms with Crippen LogP contribution < -0.4 is 15.6 Å². The van der Waals surface area contributed by atoms with Crippen molar-refractivity contribution in [3.05, 3.63) is 46.1 Å². The van der Waals surface area contributed by atoms with Crippen LogP contribution in [0.3, 0.4) is 0 Å².